The van der Waals surface area contributed by atoms with Crippen molar-refractivity contribution < 1.29 is 23.9 Å². The van der Waals surface area contributed by atoms with Gasteiger partial charge in [-0.1, -0.05) is 30.3 Å². The smallest absolute Gasteiger partial charge is 0.266 e. The topological polar surface area (TPSA) is 84.9 Å². The van der Waals surface area contributed by atoms with Crippen LogP contribution in [-0.4, -0.2) is 31.4 Å². The SMILES string of the molecule is C=CCc1ccc(OCC(=O)Nc2cccc(N3C(=O)c4ccccc4C3=O)c2)c(OC)c1. The quantitative estimate of drug-likeness (QED) is 0.417. The molecule has 166 valence electrons. The number of carbonyl (C=O) groups is 3. The molecule has 1 aliphatic rings. The Hall–Kier alpha value is -4.39. The first-order chi connectivity index (χ1) is 16.0. The van der Waals surface area contributed by atoms with Crippen LogP contribution in [0.3, 0.4) is 0 Å². The number of fused-ring (bicyclic) bond motifs is 1. The van der Waals surface area contributed by atoms with Crippen molar-refractivity contribution in [1.82, 2.24) is 0 Å². The maximum Gasteiger partial charge on any atom is 0.266 e. The van der Waals surface area contributed by atoms with Crippen LogP contribution in [0.15, 0.2) is 79.4 Å². The van der Waals surface area contributed by atoms with Crippen LogP contribution in [-0.2, 0) is 11.2 Å². The molecule has 33 heavy (non-hydrogen) atoms. The van der Waals surface area contributed by atoms with Crippen molar-refractivity contribution in [3.63, 3.8) is 0 Å². The molecule has 3 aromatic rings. The highest BCUT2D eigenvalue weighted by Gasteiger charge is 2.36. The van der Waals surface area contributed by atoms with Gasteiger partial charge in [-0.25, -0.2) is 4.90 Å². The summed E-state index contributed by atoms with van der Waals surface area (Å²) in [7, 11) is 1.53. The molecular formula is C26H22N2O5. The number of anilines is 2. The van der Waals surface area contributed by atoms with E-state index in [2.05, 4.69) is 11.9 Å². The first-order valence-corrected chi connectivity index (χ1v) is 10.3. The molecule has 0 saturated carbocycles. The van der Waals surface area contributed by atoms with Crippen LogP contribution in [0.4, 0.5) is 11.4 Å². The number of hydrogen-bond donors (Lipinski definition) is 1. The van der Waals surface area contributed by atoms with Gasteiger partial charge in [-0.2, -0.15) is 0 Å². The third kappa shape index (κ3) is 4.48. The molecule has 1 aliphatic heterocycles. The highest BCUT2D eigenvalue weighted by Crippen LogP contribution is 2.30. The van der Waals surface area contributed by atoms with Crippen molar-refractivity contribution in [1.29, 1.82) is 0 Å². The maximum absolute atomic E-state index is 12.7. The summed E-state index contributed by atoms with van der Waals surface area (Å²) in [4.78, 5) is 39.0. The Morgan fingerprint density at radius 3 is 2.36 bits per heavy atom. The van der Waals surface area contributed by atoms with Crippen LogP contribution in [0.5, 0.6) is 11.5 Å². The Kier molecular flexibility index (Phi) is 6.22. The number of nitrogens with zero attached hydrogens (tertiary/aromatic N) is 1. The third-order valence-electron chi connectivity index (χ3n) is 5.15. The molecular weight excluding hydrogens is 420 g/mol. The normalized spacial score (nSPS) is 12.3. The zero-order valence-corrected chi connectivity index (χ0v) is 18.0. The predicted molar refractivity (Wildman–Crippen MR) is 125 cm³/mol. The van der Waals surface area contributed by atoms with Gasteiger partial charge in [0.15, 0.2) is 18.1 Å². The van der Waals surface area contributed by atoms with Gasteiger partial charge in [0, 0.05) is 5.69 Å². The van der Waals surface area contributed by atoms with Gasteiger partial charge in [0.1, 0.15) is 0 Å². The van der Waals surface area contributed by atoms with E-state index in [0.717, 1.165) is 10.5 Å². The van der Waals surface area contributed by atoms with Gasteiger partial charge in [-0.05, 0) is 54.4 Å². The van der Waals surface area contributed by atoms with E-state index < -0.39 is 17.7 Å². The lowest BCUT2D eigenvalue weighted by molar-refractivity contribution is -0.118. The third-order valence-corrected chi connectivity index (χ3v) is 5.15. The molecule has 7 nitrogen and oxygen atoms in total. The van der Waals surface area contributed by atoms with Crippen LogP contribution in [0, 0.1) is 0 Å². The van der Waals surface area contributed by atoms with Crippen molar-refractivity contribution in [2.24, 2.45) is 0 Å². The molecule has 0 aliphatic carbocycles. The predicted octanol–water partition coefficient (Wildman–Crippen LogP) is 4.24. The monoisotopic (exact) mass is 442 g/mol. The molecule has 0 aromatic heterocycles. The largest absolute Gasteiger partial charge is 0.493 e. The molecule has 0 spiro atoms. The number of nitrogens with one attached hydrogen (secondary N) is 1. The molecule has 0 saturated heterocycles. The number of imide groups is 1. The lowest BCUT2D eigenvalue weighted by Gasteiger charge is -2.16. The molecule has 1 N–H and O–H groups in total. The molecule has 0 bridgehead atoms. The van der Waals surface area contributed by atoms with E-state index in [4.69, 9.17) is 9.47 Å². The first-order valence-electron chi connectivity index (χ1n) is 10.3. The summed E-state index contributed by atoms with van der Waals surface area (Å²) in [6, 6.07) is 18.7. The summed E-state index contributed by atoms with van der Waals surface area (Å²) in [5.74, 6) is -0.217. The first kappa shape index (κ1) is 21.8. The summed E-state index contributed by atoms with van der Waals surface area (Å²) in [6.45, 7) is 3.48. The Balaban J connectivity index is 1.43. The summed E-state index contributed by atoms with van der Waals surface area (Å²) in [6.07, 6.45) is 2.49. The van der Waals surface area contributed by atoms with Crippen molar-refractivity contribution in [2.45, 2.75) is 6.42 Å². The van der Waals surface area contributed by atoms with Crippen LogP contribution < -0.4 is 19.7 Å². The average molecular weight is 442 g/mol. The Morgan fingerprint density at radius 2 is 1.70 bits per heavy atom. The number of hydrogen-bond acceptors (Lipinski definition) is 5. The number of allylic oxidation sites excluding steroid dienone is 1. The van der Waals surface area contributed by atoms with Crippen LogP contribution in [0.25, 0.3) is 0 Å². The fourth-order valence-corrected chi connectivity index (χ4v) is 3.61. The van der Waals surface area contributed by atoms with Gasteiger partial charge < -0.3 is 14.8 Å². The standard InChI is InChI=1S/C26H22N2O5/c1-3-7-17-12-13-22(23(14-17)32-2)33-16-24(29)27-18-8-6-9-19(15-18)28-25(30)20-10-4-5-11-21(20)26(28)31/h3-6,8-15H,1,7,16H2,2H3,(H,27,29). The van der Waals surface area contributed by atoms with E-state index in [1.165, 1.54) is 7.11 Å². The molecule has 4 rings (SSSR count). The van der Waals surface area contributed by atoms with Gasteiger partial charge in [0.05, 0.1) is 23.9 Å². The zero-order chi connectivity index (χ0) is 23.4. The van der Waals surface area contributed by atoms with Crippen molar-refractivity contribution in [2.75, 3.05) is 23.9 Å². The van der Waals surface area contributed by atoms with Crippen LogP contribution in [0.2, 0.25) is 0 Å². The number of ether oxygens (including phenoxy) is 2. The highest BCUT2D eigenvalue weighted by atomic mass is 16.5. The number of amides is 3. The molecule has 7 heteroatoms. The van der Waals surface area contributed by atoms with Crippen molar-refractivity contribution in [3.8, 4) is 11.5 Å². The van der Waals surface area contributed by atoms with Gasteiger partial charge >= 0.3 is 0 Å². The molecule has 0 unspecified atom stereocenters. The van der Waals surface area contributed by atoms with Gasteiger partial charge in [-0.15, -0.1) is 6.58 Å². The fourth-order valence-electron chi connectivity index (χ4n) is 3.61. The minimum absolute atomic E-state index is 0.242. The van der Waals surface area contributed by atoms with Crippen molar-refractivity contribution in [3.05, 3.63) is 96.1 Å². The number of rotatable bonds is 8. The van der Waals surface area contributed by atoms with E-state index >= 15 is 0 Å². The summed E-state index contributed by atoms with van der Waals surface area (Å²) in [5, 5.41) is 2.73. The second kappa shape index (κ2) is 9.40. The highest BCUT2D eigenvalue weighted by molar-refractivity contribution is 6.34. The Labute approximate surface area is 191 Å². The van der Waals surface area contributed by atoms with Crippen molar-refractivity contribution >= 4 is 29.1 Å². The molecule has 1 heterocycles. The summed E-state index contributed by atoms with van der Waals surface area (Å²) in [5.41, 5.74) is 2.55. The van der Waals surface area contributed by atoms with E-state index in [9.17, 15) is 14.4 Å². The second-order valence-corrected chi connectivity index (χ2v) is 7.36. The van der Waals surface area contributed by atoms with E-state index in [1.807, 2.05) is 12.1 Å². The minimum Gasteiger partial charge on any atom is -0.493 e. The van der Waals surface area contributed by atoms with Crippen LogP contribution >= 0.6 is 0 Å². The lowest BCUT2D eigenvalue weighted by atomic mass is 10.1. The van der Waals surface area contributed by atoms with Gasteiger partial charge in [0.2, 0.25) is 0 Å². The summed E-state index contributed by atoms with van der Waals surface area (Å²) >= 11 is 0. The summed E-state index contributed by atoms with van der Waals surface area (Å²) < 4.78 is 11.0. The zero-order valence-electron chi connectivity index (χ0n) is 18.0. The average Bonchev–Trinajstić information content (AvgIpc) is 3.08. The second-order valence-electron chi connectivity index (χ2n) is 7.36. The lowest BCUT2D eigenvalue weighted by Crippen LogP contribution is -2.29. The van der Waals surface area contributed by atoms with Crippen LogP contribution in [0.1, 0.15) is 26.3 Å². The molecule has 3 aromatic carbocycles. The number of benzene rings is 3. The number of methoxy groups -OCH3 is 1. The van der Waals surface area contributed by atoms with E-state index in [0.29, 0.717) is 40.4 Å². The van der Waals surface area contributed by atoms with Gasteiger partial charge in [0.25, 0.3) is 17.7 Å². The van der Waals surface area contributed by atoms with E-state index in [1.54, 1.807) is 60.7 Å². The van der Waals surface area contributed by atoms with E-state index in [-0.39, 0.29) is 6.61 Å². The Bertz CT molecular complexity index is 1220. The fraction of sp³-hybridized carbons (Fsp3) is 0.115. The van der Waals surface area contributed by atoms with Gasteiger partial charge in [-0.3, -0.25) is 14.4 Å². The molecule has 0 radical (unpaired) electrons. The Morgan fingerprint density at radius 1 is 0.970 bits per heavy atom. The number of carbonyl (C=O) groups excluding carboxylic acids is 3. The molecule has 3 amide bonds. The molecule has 0 atom stereocenters. The minimum atomic E-state index is -0.397. The maximum atomic E-state index is 12.7. The molecule has 0 fully saturated rings.